The fourth-order valence-corrected chi connectivity index (χ4v) is 4.84. The van der Waals surface area contributed by atoms with Crippen LogP contribution in [0.4, 0.5) is 0 Å². The Morgan fingerprint density at radius 1 is 1.22 bits per heavy atom. The molecule has 3 heterocycles. The van der Waals surface area contributed by atoms with Crippen molar-refractivity contribution < 1.29 is 19.3 Å². The Balaban J connectivity index is 1.29. The zero-order chi connectivity index (χ0) is 18.4. The molecule has 1 saturated carbocycles. The fraction of sp³-hybridized carbons (Fsp3) is 0.579. The van der Waals surface area contributed by atoms with Crippen molar-refractivity contribution in [3.8, 4) is 17.2 Å². The Bertz CT molecular complexity index is 812. The van der Waals surface area contributed by atoms with Gasteiger partial charge in [-0.25, -0.2) is 9.67 Å². The Kier molecular flexibility index (Phi) is 4.17. The number of hydrogen-bond acceptors (Lipinski definition) is 7. The summed E-state index contributed by atoms with van der Waals surface area (Å²) in [6, 6.07) is 4.10. The lowest BCUT2D eigenvalue weighted by molar-refractivity contribution is 0.0304. The quantitative estimate of drug-likeness (QED) is 0.870. The minimum Gasteiger partial charge on any atom is -0.493 e. The molecule has 0 spiro atoms. The molecule has 0 bridgehead atoms. The van der Waals surface area contributed by atoms with Crippen molar-refractivity contribution in [3.63, 3.8) is 0 Å². The van der Waals surface area contributed by atoms with E-state index >= 15 is 0 Å². The lowest BCUT2D eigenvalue weighted by Crippen LogP contribution is -2.36. The van der Waals surface area contributed by atoms with E-state index < -0.39 is 0 Å². The molecule has 0 amide bonds. The van der Waals surface area contributed by atoms with Crippen molar-refractivity contribution in [1.29, 1.82) is 0 Å². The van der Waals surface area contributed by atoms with Crippen LogP contribution in [0.3, 0.4) is 0 Å². The molecule has 4 atom stereocenters. The molecule has 8 heteroatoms. The van der Waals surface area contributed by atoms with Gasteiger partial charge in [-0.3, -0.25) is 4.90 Å². The third kappa shape index (κ3) is 3.02. The zero-order valence-corrected chi connectivity index (χ0v) is 15.3. The summed E-state index contributed by atoms with van der Waals surface area (Å²) in [5.74, 6) is 3.25. The first kappa shape index (κ1) is 16.8. The highest BCUT2D eigenvalue weighted by molar-refractivity contribution is 5.55. The second-order valence-electron chi connectivity index (χ2n) is 7.73. The van der Waals surface area contributed by atoms with E-state index in [0.717, 1.165) is 49.5 Å². The minimum absolute atomic E-state index is 0.0272. The first-order valence-electron chi connectivity index (χ1n) is 9.42. The van der Waals surface area contributed by atoms with Crippen molar-refractivity contribution in [2.24, 2.45) is 11.8 Å². The predicted octanol–water partition coefficient (Wildman–Crippen LogP) is 1.46. The molecular weight excluding hydrogens is 348 g/mol. The number of methoxy groups -OCH3 is 1. The van der Waals surface area contributed by atoms with Crippen LogP contribution in [-0.4, -0.2) is 57.9 Å². The summed E-state index contributed by atoms with van der Waals surface area (Å²) in [5, 5.41) is 14.8. The molecule has 1 aromatic heterocycles. The van der Waals surface area contributed by atoms with Crippen molar-refractivity contribution in [2.45, 2.75) is 31.5 Å². The normalized spacial score (nSPS) is 29.7. The van der Waals surface area contributed by atoms with Crippen molar-refractivity contribution in [3.05, 3.63) is 30.4 Å². The van der Waals surface area contributed by atoms with E-state index in [1.54, 1.807) is 13.4 Å². The monoisotopic (exact) mass is 372 g/mol. The van der Waals surface area contributed by atoms with Crippen LogP contribution < -0.4 is 14.2 Å². The number of hydrogen-bond donors (Lipinski definition) is 1. The number of aliphatic hydroxyl groups excluding tert-OH is 1. The van der Waals surface area contributed by atoms with Crippen LogP contribution in [0.5, 0.6) is 17.2 Å². The van der Waals surface area contributed by atoms with Crippen LogP contribution in [0.1, 0.15) is 24.4 Å². The van der Waals surface area contributed by atoms with Crippen LogP contribution in [0.2, 0.25) is 0 Å². The highest BCUT2D eigenvalue weighted by Gasteiger charge is 2.42. The van der Waals surface area contributed by atoms with Gasteiger partial charge >= 0.3 is 0 Å². The lowest BCUT2D eigenvalue weighted by atomic mass is 9.77. The maximum Gasteiger partial charge on any atom is 0.231 e. The van der Waals surface area contributed by atoms with E-state index in [1.807, 2.05) is 16.8 Å². The number of likely N-dealkylation sites (tertiary alicyclic amines) is 1. The molecule has 1 aromatic carbocycles. The molecule has 5 rings (SSSR count). The third-order valence-corrected chi connectivity index (χ3v) is 6.09. The van der Waals surface area contributed by atoms with E-state index in [2.05, 4.69) is 15.0 Å². The van der Waals surface area contributed by atoms with Gasteiger partial charge in [-0.15, -0.1) is 0 Å². The molecule has 27 heavy (non-hydrogen) atoms. The maximum atomic E-state index is 10.6. The van der Waals surface area contributed by atoms with Gasteiger partial charge in [0.15, 0.2) is 11.5 Å². The molecule has 3 aliphatic rings. The van der Waals surface area contributed by atoms with Gasteiger partial charge in [-0.2, -0.15) is 5.10 Å². The van der Waals surface area contributed by atoms with E-state index in [1.165, 1.54) is 6.33 Å². The smallest absolute Gasteiger partial charge is 0.231 e. The largest absolute Gasteiger partial charge is 0.493 e. The average molecular weight is 372 g/mol. The second-order valence-corrected chi connectivity index (χ2v) is 7.73. The van der Waals surface area contributed by atoms with Crippen LogP contribution in [0, 0.1) is 11.8 Å². The van der Waals surface area contributed by atoms with Crippen molar-refractivity contribution in [2.75, 3.05) is 27.0 Å². The summed E-state index contributed by atoms with van der Waals surface area (Å²) in [7, 11) is 1.65. The molecule has 0 radical (unpaired) electrons. The van der Waals surface area contributed by atoms with Gasteiger partial charge < -0.3 is 19.3 Å². The summed E-state index contributed by atoms with van der Waals surface area (Å²) in [6.45, 7) is 3.11. The molecule has 0 unspecified atom stereocenters. The first-order valence-corrected chi connectivity index (χ1v) is 9.42. The van der Waals surface area contributed by atoms with Gasteiger partial charge in [-0.05, 0) is 42.4 Å². The minimum atomic E-state index is -0.362. The topological polar surface area (TPSA) is 81.9 Å². The Hall–Kier alpha value is -2.32. The summed E-state index contributed by atoms with van der Waals surface area (Å²) >= 11 is 0. The molecule has 2 aromatic rings. The predicted molar refractivity (Wildman–Crippen MR) is 95.7 cm³/mol. The second kappa shape index (κ2) is 6.69. The van der Waals surface area contributed by atoms with Crippen molar-refractivity contribution in [1.82, 2.24) is 19.7 Å². The summed E-state index contributed by atoms with van der Waals surface area (Å²) in [5.41, 5.74) is 1.16. The van der Waals surface area contributed by atoms with Crippen LogP contribution in [0.25, 0.3) is 0 Å². The zero-order valence-electron chi connectivity index (χ0n) is 15.3. The Morgan fingerprint density at radius 2 is 2.07 bits per heavy atom. The molecular formula is C19H24N4O4. The third-order valence-electron chi connectivity index (χ3n) is 6.09. The van der Waals surface area contributed by atoms with Gasteiger partial charge in [0.05, 0.1) is 19.3 Å². The Labute approximate surface area is 157 Å². The number of nitrogens with zero attached hydrogens (tertiary/aromatic N) is 4. The van der Waals surface area contributed by atoms with Gasteiger partial charge in [0.25, 0.3) is 0 Å². The number of fused-ring (bicyclic) bond motifs is 2. The molecule has 2 fully saturated rings. The number of benzene rings is 1. The molecule has 1 saturated heterocycles. The Morgan fingerprint density at radius 3 is 2.85 bits per heavy atom. The number of ether oxygens (including phenoxy) is 3. The first-order chi connectivity index (χ1) is 13.2. The van der Waals surface area contributed by atoms with Crippen LogP contribution in [0.15, 0.2) is 24.8 Å². The maximum absolute atomic E-state index is 10.6. The van der Waals surface area contributed by atoms with Gasteiger partial charge in [0.1, 0.15) is 12.7 Å². The molecule has 2 aliphatic heterocycles. The van der Waals surface area contributed by atoms with Gasteiger partial charge in [0, 0.05) is 19.6 Å². The van der Waals surface area contributed by atoms with E-state index in [9.17, 15) is 5.11 Å². The van der Waals surface area contributed by atoms with E-state index in [-0.39, 0.29) is 18.9 Å². The molecule has 8 nitrogen and oxygen atoms in total. The highest BCUT2D eigenvalue weighted by atomic mass is 16.7. The van der Waals surface area contributed by atoms with Crippen LogP contribution in [-0.2, 0) is 6.54 Å². The standard InChI is InChI=1S/C19H24N4O4/c1-25-17-2-12(3-18-19(17)27-11-26-18)6-22-7-13-4-15(23-10-20-9-21-23)16(24)5-14(13)8-22/h2-3,9-10,13-16,24H,4-8,11H2,1H3/t13-,14+,15-,16-/m1/s1. The molecule has 144 valence electrons. The number of aromatic nitrogens is 3. The number of rotatable bonds is 4. The summed E-state index contributed by atoms with van der Waals surface area (Å²) in [6.07, 6.45) is 4.64. The fourth-order valence-electron chi connectivity index (χ4n) is 4.84. The lowest BCUT2D eigenvalue weighted by Gasteiger charge is -2.35. The number of aliphatic hydroxyl groups is 1. The van der Waals surface area contributed by atoms with Gasteiger partial charge in [-0.1, -0.05) is 0 Å². The van der Waals surface area contributed by atoms with E-state index in [0.29, 0.717) is 17.6 Å². The summed E-state index contributed by atoms with van der Waals surface area (Å²) < 4.78 is 18.3. The molecule has 1 N–H and O–H groups in total. The average Bonchev–Trinajstić information content (AvgIpc) is 3.40. The van der Waals surface area contributed by atoms with Crippen molar-refractivity contribution >= 4 is 0 Å². The van der Waals surface area contributed by atoms with Gasteiger partial charge in [0.2, 0.25) is 12.5 Å². The van der Waals surface area contributed by atoms with Crippen LogP contribution >= 0.6 is 0 Å². The molecule has 1 aliphatic carbocycles. The highest BCUT2D eigenvalue weighted by Crippen LogP contribution is 2.44. The van der Waals surface area contributed by atoms with E-state index in [4.69, 9.17) is 14.2 Å². The SMILES string of the molecule is COc1cc(CN2C[C@H]3C[C@@H](n4cncn4)[C@H](O)C[C@H]3C2)cc2c1OCO2. The summed E-state index contributed by atoms with van der Waals surface area (Å²) in [4.78, 5) is 6.49.